The van der Waals surface area contributed by atoms with Crippen molar-refractivity contribution in [2.75, 3.05) is 18.4 Å². The first-order valence-corrected chi connectivity index (χ1v) is 10.4. The highest BCUT2D eigenvalue weighted by atomic mass is 16.6. The van der Waals surface area contributed by atoms with Gasteiger partial charge in [0.15, 0.2) is 0 Å². The number of nitrogens with one attached hydrogen (secondary N) is 1. The Morgan fingerprint density at radius 1 is 0.969 bits per heavy atom. The summed E-state index contributed by atoms with van der Waals surface area (Å²) in [7, 11) is 0. The molecule has 1 unspecified atom stereocenters. The molecule has 1 aliphatic heterocycles. The number of hydrogen-bond donors (Lipinski definition) is 1. The molecule has 162 valence electrons. The SMILES string of the molecule is Cc1c(C(=O)Nc2ccccc2C(=O)N2CCC(c3ccccc3)C2)cccc1[N+](=O)[O-]. The average molecular weight is 429 g/mol. The Balaban J connectivity index is 1.54. The lowest BCUT2D eigenvalue weighted by Crippen LogP contribution is -2.29. The van der Waals surface area contributed by atoms with Crippen LogP contribution in [0.25, 0.3) is 0 Å². The number of carbonyl (C=O) groups is 2. The van der Waals surface area contributed by atoms with Crippen LogP contribution >= 0.6 is 0 Å². The number of rotatable bonds is 5. The van der Waals surface area contributed by atoms with Gasteiger partial charge in [-0.2, -0.15) is 0 Å². The summed E-state index contributed by atoms with van der Waals surface area (Å²) < 4.78 is 0. The number of amides is 2. The van der Waals surface area contributed by atoms with Gasteiger partial charge in [0.05, 0.1) is 16.2 Å². The molecule has 3 aromatic carbocycles. The van der Waals surface area contributed by atoms with Gasteiger partial charge in [-0.3, -0.25) is 19.7 Å². The number of carbonyl (C=O) groups excluding carboxylic acids is 2. The Morgan fingerprint density at radius 3 is 2.41 bits per heavy atom. The van der Waals surface area contributed by atoms with Gasteiger partial charge in [-0.1, -0.05) is 48.5 Å². The molecule has 0 radical (unpaired) electrons. The van der Waals surface area contributed by atoms with Crippen LogP contribution in [0.2, 0.25) is 0 Å². The quantitative estimate of drug-likeness (QED) is 0.466. The summed E-state index contributed by atoms with van der Waals surface area (Å²) in [4.78, 5) is 38.6. The number of likely N-dealkylation sites (tertiary alicyclic amines) is 1. The highest BCUT2D eigenvalue weighted by molar-refractivity contribution is 6.10. The van der Waals surface area contributed by atoms with Crippen molar-refractivity contribution in [2.24, 2.45) is 0 Å². The maximum absolute atomic E-state index is 13.3. The summed E-state index contributed by atoms with van der Waals surface area (Å²) in [5.74, 6) is -0.348. The van der Waals surface area contributed by atoms with Crippen LogP contribution < -0.4 is 5.32 Å². The van der Waals surface area contributed by atoms with Crippen molar-refractivity contribution in [3.63, 3.8) is 0 Å². The Morgan fingerprint density at radius 2 is 1.66 bits per heavy atom. The van der Waals surface area contributed by atoms with Crippen molar-refractivity contribution >= 4 is 23.2 Å². The summed E-state index contributed by atoms with van der Waals surface area (Å²) in [6.07, 6.45) is 0.886. The molecule has 32 heavy (non-hydrogen) atoms. The molecule has 0 aliphatic carbocycles. The van der Waals surface area contributed by atoms with E-state index >= 15 is 0 Å². The lowest BCUT2D eigenvalue weighted by atomic mass is 9.99. The Bertz CT molecular complexity index is 1180. The molecule has 1 heterocycles. The molecule has 1 N–H and O–H groups in total. The fourth-order valence-corrected chi connectivity index (χ4v) is 4.15. The van der Waals surface area contributed by atoms with Gasteiger partial charge in [0, 0.05) is 36.2 Å². The van der Waals surface area contributed by atoms with Crippen LogP contribution in [-0.2, 0) is 0 Å². The van der Waals surface area contributed by atoms with Crippen molar-refractivity contribution < 1.29 is 14.5 Å². The van der Waals surface area contributed by atoms with Gasteiger partial charge < -0.3 is 10.2 Å². The molecule has 2 amide bonds. The third-order valence-electron chi connectivity index (χ3n) is 5.90. The molecular formula is C25H23N3O4. The van der Waals surface area contributed by atoms with E-state index in [9.17, 15) is 19.7 Å². The summed E-state index contributed by atoms with van der Waals surface area (Å²) in [5, 5.41) is 14.0. The van der Waals surface area contributed by atoms with Gasteiger partial charge in [-0.25, -0.2) is 0 Å². The van der Waals surface area contributed by atoms with Gasteiger partial charge in [0.1, 0.15) is 0 Å². The smallest absolute Gasteiger partial charge is 0.273 e. The molecule has 1 fully saturated rings. The molecule has 0 aromatic heterocycles. The summed E-state index contributed by atoms with van der Waals surface area (Å²) in [6, 6.07) is 21.4. The van der Waals surface area contributed by atoms with Crippen LogP contribution in [0.15, 0.2) is 72.8 Å². The lowest BCUT2D eigenvalue weighted by Gasteiger charge is -2.19. The molecule has 1 atom stereocenters. The second-order valence-electron chi connectivity index (χ2n) is 7.85. The van der Waals surface area contributed by atoms with Crippen molar-refractivity contribution in [3.8, 4) is 0 Å². The minimum Gasteiger partial charge on any atom is -0.338 e. The van der Waals surface area contributed by atoms with Gasteiger partial charge in [-0.15, -0.1) is 0 Å². The Labute approximate surface area is 185 Å². The number of nitro benzene ring substituents is 1. The second-order valence-corrected chi connectivity index (χ2v) is 7.85. The number of nitrogens with zero attached hydrogens (tertiary/aromatic N) is 2. The van der Waals surface area contributed by atoms with Gasteiger partial charge in [-0.05, 0) is 37.1 Å². The number of para-hydroxylation sites is 1. The summed E-state index contributed by atoms with van der Waals surface area (Å²) in [6.45, 7) is 2.80. The maximum atomic E-state index is 13.3. The minimum absolute atomic E-state index is 0.119. The number of benzene rings is 3. The average Bonchev–Trinajstić information content (AvgIpc) is 3.30. The van der Waals surface area contributed by atoms with Gasteiger partial charge >= 0.3 is 0 Å². The summed E-state index contributed by atoms with van der Waals surface area (Å²) in [5.41, 5.74) is 2.36. The van der Waals surface area contributed by atoms with Crippen LogP contribution in [0.5, 0.6) is 0 Å². The normalized spacial score (nSPS) is 15.4. The van der Waals surface area contributed by atoms with Gasteiger partial charge in [0.2, 0.25) is 0 Å². The Hall–Kier alpha value is -4.00. The van der Waals surface area contributed by atoms with Crippen molar-refractivity contribution in [2.45, 2.75) is 19.3 Å². The van der Waals surface area contributed by atoms with E-state index in [4.69, 9.17) is 0 Å². The molecule has 0 bridgehead atoms. The zero-order valence-corrected chi connectivity index (χ0v) is 17.7. The third-order valence-corrected chi connectivity index (χ3v) is 5.90. The second kappa shape index (κ2) is 9.01. The van der Waals surface area contributed by atoms with E-state index in [0.717, 1.165) is 6.42 Å². The maximum Gasteiger partial charge on any atom is 0.273 e. The zero-order chi connectivity index (χ0) is 22.7. The van der Waals surface area contributed by atoms with Crippen molar-refractivity contribution in [3.05, 3.63) is 105 Å². The first kappa shape index (κ1) is 21.2. The standard InChI is InChI=1S/C25H23N3O4/c1-17-20(11-7-13-23(17)28(31)32)24(29)26-22-12-6-5-10-21(22)25(30)27-15-14-19(16-27)18-8-3-2-4-9-18/h2-13,19H,14-16H2,1H3,(H,26,29). The van der Waals surface area contributed by atoms with Crippen LogP contribution in [0.1, 0.15) is 44.2 Å². The number of anilines is 1. The zero-order valence-electron chi connectivity index (χ0n) is 17.7. The number of nitro groups is 1. The lowest BCUT2D eigenvalue weighted by molar-refractivity contribution is -0.385. The molecule has 7 nitrogen and oxygen atoms in total. The first-order chi connectivity index (χ1) is 15.5. The highest BCUT2D eigenvalue weighted by Crippen LogP contribution is 2.29. The molecular weight excluding hydrogens is 406 g/mol. The monoisotopic (exact) mass is 429 g/mol. The molecule has 0 spiro atoms. The predicted octanol–water partition coefficient (Wildman–Crippen LogP) is 4.79. The van der Waals surface area contributed by atoms with Crippen molar-refractivity contribution in [1.29, 1.82) is 0 Å². The van der Waals surface area contributed by atoms with Crippen molar-refractivity contribution in [1.82, 2.24) is 4.90 Å². The van der Waals surface area contributed by atoms with Crippen LogP contribution in [-0.4, -0.2) is 34.7 Å². The van der Waals surface area contributed by atoms with E-state index in [0.29, 0.717) is 24.3 Å². The molecule has 7 heteroatoms. The first-order valence-electron chi connectivity index (χ1n) is 10.4. The molecule has 1 aliphatic rings. The van der Waals surface area contributed by atoms with Crippen LogP contribution in [0.3, 0.4) is 0 Å². The topological polar surface area (TPSA) is 92.6 Å². The van der Waals surface area contributed by atoms with Crippen LogP contribution in [0.4, 0.5) is 11.4 Å². The van der Waals surface area contributed by atoms with Crippen LogP contribution in [0, 0.1) is 17.0 Å². The van der Waals surface area contributed by atoms with E-state index in [-0.39, 0.29) is 28.6 Å². The van der Waals surface area contributed by atoms with E-state index in [1.165, 1.54) is 30.7 Å². The fraction of sp³-hybridized carbons (Fsp3) is 0.200. The predicted molar refractivity (Wildman–Crippen MR) is 122 cm³/mol. The minimum atomic E-state index is -0.514. The largest absolute Gasteiger partial charge is 0.338 e. The Kier molecular flexibility index (Phi) is 5.98. The third kappa shape index (κ3) is 4.23. The molecule has 3 aromatic rings. The van der Waals surface area contributed by atoms with E-state index < -0.39 is 10.8 Å². The van der Waals surface area contributed by atoms with Gasteiger partial charge in [0.25, 0.3) is 17.5 Å². The number of hydrogen-bond acceptors (Lipinski definition) is 4. The molecule has 1 saturated heterocycles. The van der Waals surface area contributed by atoms with E-state index in [1.807, 2.05) is 18.2 Å². The summed E-state index contributed by atoms with van der Waals surface area (Å²) >= 11 is 0. The fourth-order valence-electron chi connectivity index (χ4n) is 4.15. The highest BCUT2D eigenvalue weighted by Gasteiger charge is 2.29. The molecule has 4 rings (SSSR count). The molecule has 0 saturated carbocycles. The van der Waals surface area contributed by atoms with E-state index in [2.05, 4.69) is 17.4 Å². The van der Waals surface area contributed by atoms with E-state index in [1.54, 1.807) is 29.2 Å².